The van der Waals surface area contributed by atoms with Gasteiger partial charge in [-0.2, -0.15) is 0 Å². The van der Waals surface area contributed by atoms with E-state index in [2.05, 4.69) is 5.32 Å². The molecule has 0 unspecified atom stereocenters. The number of carbonyl (C=O) groups is 5. The quantitative estimate of drug-likeness (QED) is 0.372. The number of β-lactam (4-membered cyclic amide) rings is 1. The van der Waals surface area contributed by atoms with Crippen LogP contribution in [0.3, 0.4) is 0 Å². The van der Waals surface area contributed by atoms with Crippen LogP contribution in [0.1, 0.15) is 26.2 Å². The third kappa shape index (κ3) is 4.34. The number of carboxylic acids is 2. The Kier molecular flexibility index (Phi) is 6.24. The number of amides is 2. The van der Waals surface area contributed by atoms with E-state index in [0.717, 1.165) is 4.90 Å². The first-order valence-corrected chi connectivity index (χ1v) is 8.81. The number of aliphatic carboxylic acids is 2. The van der Waals surface area contributed by atoms with E-state index >= 15 is 0 Å². The molecule has 0 aromatic carbocycles. The van der Waals surface area contributed by atoms with E-state index in [4.69, 9.17) is 9.84 Å². The number of fused-ring (bicyclic) bond motifs is 1. The van der Waals surface area contributed by atoms with Crippen molar-refractivity contribution in [3.05, 3.63) is 11.3 Å². The van der Waals surface area contributed by atoms with Gasteiger partial charge >= 0.3 is 17.9 Å². The van der Waals surface area contributed by atoms with Gasteiger partial charge < -0.3 is 20.3 Å². The molecule has 0 spiro atoms. The highest BCUT2D eigenvalue weighted by Gasteiger charge is 2.54. The largest absolute Gasteiger partial charge is 0.481 e. The Bertz CT molecular complexity index is 689. The summed E-state index contributed by atoms with van der Waals surface area (Å²) in [6.45, 7) is 0.983. The number of hydrogen-bond donors (Lipinski definition) is 3. The molecule has 11 heteroatoms. The van der Waals surface area contributed by atoms with Crippen LogP contribution in [0.25, 0.3) is 0 Å². The second-order valence-corrected chi connectivity index (χ2v) is 6.84. The van der Waals surface area contributed by atoms with Crippen LogP contribution in [0.2, 0.25) is 0 Å². The Labute approximate surface area is 152 Å². The first-order valence-electron chi connectivity index (χ1n) is 7.77. The number of ether oxygens (including phenoxy) is 1. The van der Waals surface area contributed by atoms with Gasteiger partial charge in [0.25, 0.3) is 5.91 Å². The molecule has 2 atom stereocenters. The van der Waals surface area contributed by atoms with Gasteiger partial charge in [-0.1, -0.05) is 0 Å². The molecule has 2 aliphatic rings. The molecule has 0 saturated carbocycles. The highest BCUT2D eigenvalue weighted by Crippen LogP contribution is 2.40. The van der Waals surface area contributed by atoms with Crippen LogP contribution in [-0.4, -0.2) is 68.6 Å². The number of rotatable bonds is 8. The smallest absolute Gasteiger partial charge is 0.352 e. The minimum Gasteiger partial charge on any atom is -0.481 e. The topological polar surface area (TPSA) is 150 Å². The Morgan fingerprint density at radius 1 is 1.27 bits per heavy atom. The molecule has 2 amide bonds. The predicted molar refractivity (Wildman–Crippen MR) is 87.8 cm³/mol. The Morgan fingerprint density at radius 2 is 1.96 bits per heavy atom. The minimum atomic E-state index is -1.31. The first kappa shape index (κ1) is 19.8. The number of esters is 1. The molecule has 0 radical (unpaired) electrons. The number of carbonyl (C=O) groups excluding carboxylic acids is 3. The molecule has 2 heterocycles. The highest BCUT2D eigenvalue weighted by molar-refractivity contribution is 8.00. The summed E-state index contributed by atoms with van der Waals surface area (Å²) in [5.74, 6) is -3.66. The normalized spacial score (nSPS) is 21.6. The summed E-state index contributed by atoms with van der Waals surface area (Å²) >= 11 is 1.26. The van der Waals surface area contributed by atoms with Crippen LogP contribution in [0, 0.1) is 0 Å². The van der Waals surface area contributed by atoms with E-state index in [1.54, 1.807) is 0 Å². The second kappa shape index (κ2) is 8.21. The third-order valence-electron chi connectivity index (χ3n) is 3.81. The zero-order valence-corrected chi connectivity index (χ0v) is 14.7. The van der Waals surface area contributed by atoms with Crippen molar-refractivity contribution in [2.75, 3.05) is 12.4 Å². The second-order valence-electron chi connectivity index (χ2n) is 5.74. The van der Waals surface area contributed by atoms with Crippen molar-refractivity contribution in [3.8, 4) is 0 Å². The van der Waals surface area contributed by atoms with Crippen molar-refractivity contribution >= 4 is 41.5 Å². The molecule has 142 valence electrons. The lowest BCUT2D eigenvalue weighted by atomic mass is 10.0. The van der Waals surface area contributed by atoms with E-state index in [9.17, 15) is 29.1 Å². The summed E-state index contributed by atoms with van der Waals surface area (Å²) in [5, 5.41) is 19.9. The Balaban J connectivity index is 2.02. The maximum absolute atomic E-state index is 12.3. The lowest BCUT2D eigenvalue weighted by molar-refractivity contribution is -0.151. The molecule has 26 heavy (non-hydrogen) atoms. The van der Waals surface area contributed by atoms with Gasteiger partial charge in [0.15, 0.2) is 0 Å². The van der Waals surface area contributed by atoms with Crippen molar-refractivity contribution < 1.29 is 38.9 Å². The fourth-order valence-corrected chi connectivity index (χ4v) is 3.96. The molecule has 2 rings (SSSR count). The van der Waals surface area contributed by atoms with E-state index in [1.807, 2.05) is 0 Å². The molecule has 10 nitrogen and oxygen atoms in total. The molecular formula is C15H18N2O8S. The zero-order valence-electron chi connectivity index (χ0n) is 13.9. The van der Waals surface area contributed by atoms with Gasteiger partial charge in [-0.25, -0.2) is 4.79 Å². The van der Waals surface area contributed by atoms with Crippen molar-refractivity contribution in [1.82, 2.24) is 10.2 Å². The predicted octanol–water partition coefficient (Wildman–Crippen LogP) is -0.457. The third-order valence-corrected chi connectivity index (χ3v) is 5.15. The Morgan fingerprint density at radius 3 is 2.54 bits per heavy atom. The minimum absolute atomic E-state index is 0.0349. The Hall–Kier alpha value is -2.56. The van der Waals surface area contributed by atoms with E-state index in [1.165, 1.54) is 18.7 Å². The van der Waals surface area contributed by atoms with Crippen LogP contribution >= 0.6 is 11.8 Å². The van der Waals surface area contributed by atoms with Gasteiger partial charge in [0, 0.05) is 31.1 Å². The van der Waals surface area contributed by atoms with Crippen LogP contribution in [0.4, 0.5) is 0 Å². The molecule has 0 aliphatic carbocycles. The van der Waals surface area contributed by atoms with Gasteiger partial charge in [0.2, 0.25) is 5.91 Å². The summed E-state index contributed by atoms with van der Waals surface area (Å²) in [6.07, 6.45) is -0.0368. The molecule has 1 saturated heterocycles. The molecular weight excluding hydrogens is 368 g/mol. The average molecular weight is 386 g/mol. The summed E-state index contributed by atoms with van der Waals surface area (Å²) < 4.78 is 4.83. The fraction of sp³-hybridized carbons (Fsp3) is 0.533. The molecule has 3 N–H and O–H groups in total. The van der Waals surface area contributed by atoms with Crippen LogP contribution < -0.4 is 5.32 Å². The maximum atomic E-state index is 12.3. The molecule has 1 fully saturated rings. The van der Waals surface area contributed by atoms with Crippen LogP contribution in [-0.2, 0) is 28.7 Å². The maximum Gasteiger partial charge on any atom is 0.352 e. The zero-order chi connectivity index (χ0) is 19.4. The summed E-state index contributed by atoms with van der Waals surface area (Å²) in [5.41, 5.74) is 0.0879. The summed E-state index contributed by atoms with van der Waals surface area (Å²) in [4.78, 5) is 58.1. The number of thioether (sulfide) groups is 1. The fourth-order valence-electron chi connectivity index (χ4n) is 2.63. The van der Waals surface area contributed by atoms with Gasteiger partial charge in [-0.3, -0.25) is 24.1 Å². The lowest BCUT2D eigenvalue weighted by Crippen LogP contribution is -2.70. The highest BCUT2D eigenvalue weighted by atomic mass is 32.2. The summed E-state index contributed by atoms with van der Waals surface area (Å²) in [6, 6.07) is -0.859. The van der Waals surface area contributed by atoms with E-state index in [-0.39, 0.29) is 37.3 Å². The monoisotopic (exact) mass is 386 g/mol. The van der Waals surface area contributed by atoms with Gasteiger partial charge in [-0.05, 0) is 6.42 Å². The van der Waals surface area contributed by atoms with Crippen LogP contribution in [0.5, 0.6) is 0 Å². The number of nitrogens with one attached hydrogen (secondary N) is 1. The number of carboxylic acid groups (broad SMARTS) is 2. The van der Waals surface area contributed by atoms with Gasteiger partial charge in [0.1, 0.15) is 23.7 Å². The van der Waals surface area contributed by atoms with Gasteiger partial charge in [-0.15, -0.1) is 11.8 Å². The van der Waals surface area contributed by atoms with Crippen molar-refractivity contribution in [3.63, 3.8) is 0 Å². The number of nitrogens with zero attached hydrogens (tertiary/aromatic N) is 1. The van der Waals surface area contributed by atoms with Crippen LogP contribution in [0.15, 0.2) is 11.3 Å². The van der Waals surface area contributed by atoms with E-state index < -0.39 is 41.1 Å². The first-order chi connectivity index (χ1) is 12.2. The summed E-state index contributed by atoms with van der Waals surface area (Å²) in [7, 11) is 0. The number of hydrogen-bond acceptors (Lipinski definition) is 7. The molecule has 0 aromatic rings. The van der Waals surface area contributed by atoms with Crippen molar-refractivity contribution in [1.29, 1.82) is 0 Å². The standard InChI is InChI=1S/C15H18N2O8S/c1-7(18)25-5-8-6-26-14-11(13(22)17(14)12(8)15(23)24)16-9(19)3-2-4-10(20)21/h11,14H,2-6H2,1H3,(H,16,19)(H,20,21)(H,23,24)/t11-,14+/m1/s1. The lowest BCUT2D eigenvalue weighted by Gasteiger charge is -2.49. The molecule has 2 aliphatic heterocycles. The van der Waals surface area contributed by atoms with Gasteiger partial charge in [0.05, 0.1) is 0 Å². The molecule has 0 bridgehead atoms. The SMILES string of the molecule is CC(=O)OCC1=C(C(=O)O)N2C(=O)[C@@H](NC(=O)CCCC(=O)O)[C@@H]2SC1. The van der Waals surface area contributed by atoms with Crippen molar-refractivity contribution in [2.45, 2.75) is 37.6 Å². The van der Waals surface area contributed by atoms with E-state index in [0.29, 0.717) is 5.57 Å². The van der Waals surface area contributed by atoms with Crippen molar-refractivity contribution in [2.24, 2.45) is 0 Å². The average Bonchev–Trinajstić information content (AvgIpc) is 2.56. The molecule has 0 aromatic heterocycles.